The fourth-order valence-electron chi connectivity index (χ4n) is 5.87. The fourth-order valence-corrected chi connectivity index (χ4v) is 5.87. The summed E-state index contributed by atoms with van der Waals surface area (Å²) in [6, 6.07) is 25.6. The van der Waals surface area contributed by atoms with E-state index in [1.807, 2.05) is 59.3 Å². The second-order valence-electron chi connectivity index (χ2n) is 11.2. The maximum absolute atomic E-state index is 13.3. The maximum Gasteiger partial charge on any atom is 0.337 e. The lowest BCUT2D eigenvalue weighted by atomic mass is 10.0. The van der Waals surface area contributed by atoms with E-state index in [2.05, 4.69) is 29.6 Å². The van der Waals surface area contributed by atoms with Crippen LogP contribution in [0, 0.1) is 0 Å². The number of benzene rings is 3. The van der Waals surface area contributed by atoms with Crippen molar-refractivity contribution in [2.75, 3.05) is 46.9 Å². The van der Waals surface area contributed by atoms with Gasteiger partial charge in [-0.05, 0) is 73.2 Å². The lowest BCUT2D eigenvalue weighted by Gasteiger charge is -2.27. The monoisotopic (exact) mass is 568 g/mol. The summed E-state index contributed by atoms with van der Waals surface area (Å²) in [4.78, 5) is 43.8. The molecule has 1 N–H and O–H groups in total. The summed E-state index contributed by atoms with van der Waals surface area (Å²) in [7, 11) is 3.19. The first-order valence-electron chi connectivity index (χ1n) is 14.8. The van der Waals surface area contributed by atoms with Gasteiger partial charge in [0, 0.05) is 44.8 Å². The van der Waals surface area contributed by atoms with Crippen molar-refractivity contribution in [3.63, 3.8) is 0 Å². The minimum absolute atomic E-state index is 0.0125. The molecular weight excluding hydrogens is 528 g/mol. The van der Waals surface area contributed by atoms with Crippen LogP contribution in [0.4, 0.5) is 4.79 Å². The molecule has 3 aromatic carbocycles. The number of likely N-dealkylation sites (tertiary alicyclic amines) is 2. The molecule has 5 rings (SSSR count). The molecule has 0 unspecified atom stereocenters. The van der Waals surface area contributed by atoms with Crippen molar-refractivity contribution in [2.45, 2.75) is 37.8 Å². The number of carbonyl (C=O) groups is 3. The number of methoxy groups -OCH3 is 1. The minimum atomic E-state index is -0.371. The van der Waals surface area contributed by atoms with Gasteiger partial charge in [-0.3, -0.25) is 4.79 Å². The quantitative estimate of drug-likeness (QED) is 0.299. The van der Waals surface area contributed by atoms with Crippen LogP contribution >= 0.6 is 0 Å². The van der Waals surface area contributed by atoms with Crippen LogP contribution in [0.3, 0.4) is 0 Å². The van der Waals surface area contributed by atoms with Gasteiger partial charge in [0.15, 0.2) is 0 Å². The summed E-state index contributed by atoms with van der Waals surface area (Å²) >= 11 is 0. The Bertz CT molecular complexity index is 1360. The van der Waals surface area contributed by atoms with Crippen molar-refractivity contribution in [1.82, 2.24) is 20.0 Å². The Labute approximate surface area is 248 Å². The van der Waals surface area contributed by atoms with E-state index in [4.69, 9.17) is 4.74 Å². The van der Waals surface area contributed by atoms with Crippen molar-refractivity contribution in [2.24, 2.45) is 0 Å². The Kier molecular flexibility index (Phi) is 9.54. The lowest BCUT2D eigenvalue weighted by Crippen LogP contribution is -2.45. The molecule has 2 saturated heterocycles. The van der Waals surface area contributed by atoms with Crippen molar-refractivity contribution in [1.29, 1.82) is 0 Å². The number of nitrogens with one attached hydrogen (secondary N) is 1. The molecule has 0 radical (unpaired) electrons. The number of hydrogen-bond acceptors (Lipinski definition) is 5. The molecule has 8 heteroatoms. The highest BCUT2D eigenvalue weighted by molar-refractivity contribution is 5.95. The Morgan fingerprint density at radius 1 is 0.833 bits per heavy atom. The first-order valence-corrected chi connectivity index (χ1v) is 14.8. The normalized spacial score (nSPS) is 18.2. The summed E-state index contributed by atoms with van der Waals surface area (Å²) in [5.41, 5.74) is 4.37. The number of carbonyl (C=O) groups excluding carboxylic acids is 3. The van der Waals surface area contributed by atoms with Crippen molar-refractivity contribution in [3.05, 3.63) is 95.6 Å². The van der Waals surface area contributed by atoms with Crippen molar-refractivity contribution < 1.29 is 19.1 Å². The van der Waals surface area contributed by atoms with Crippen LogP contribution in [0.1, 0.15) is 45.5 Å². The summed E-state index contributed by atoms with van der Waals surface area (Å²) in [6.07, 6.45) is 3.88. The van der Waals surface area contributed by atoms with E-state index in [1.54, 1.807) is 17.0 Å². The molecule has 0 saturated carbocycles. The number of amides is 3. The summed E-state index contributed by atoms with van der Waals surface area (Å²) in [6.45, 7) is 3.66. The van der Waals surface area contributed by atoms with Gasteiger partial charge in [-0.25, -0.2) is 9.59 Å². The van der Waals surface area contributed by atoms with E-state index < -0.39 is 0 Å². The number of rotatable bonds is 9. The predicted octanol–water partition coefficient (Wildman–Crippen LogP) is 4.70. The van der Waals surface area contributed by atoms with Crippen LogP contribution in [0.15, 0.2) is 78.9 Å². The summed E-state index contributed by atoms with van der Waals surface area (Å²) in [5.74, 6) is -0.424. The van der Waals surface area contributed by atoms with Gasteiger partial charge in [-0.2, -0.15) is 0 Å². The Balaban J connectivity index is 1.07. The molecule has 0 bridgehead atoms. The van der Waals surface area contributed by atoms with Crippen LogP contribution in [-0.2, 0) is 11.2 Å². The number of urea groups is 1. The highest BCUT2D eigenvalue weighted by atomic mass is 16.5. The van der Waals surface area contributed by atoms with Gasteiger partial charge < -0.3 is 24.8 Å². The predicted molar refractivity (Wildman–Crippen MR) is 163 cm³/mol. The molecule has 2 atom stereocenters. The van der Waals surface area contributed by atoms with Gasteiger partial charge in [0.2, 0.25) is 0 Å². The van der Waals surface area contributed by atoms with E-state index in [0.29, 0.717) is 30.3 Å². The number of nitrogens with zero attached hydrogens (tertiary/aromatic N) is 3. The second-order valence-corrected chi connectivity index (χ2v) is 11.2. The van der Waals surface area contributed by atoms with Crippen LogP contribution in [0.5, 0.6) is 0 Å². The molecule has 2 fully saturated rings. The maximum atomic E-state index is 13.3. The van der Waals surface area contributed by atoms with Gasteiger partial charge in [0.05, 0.1) is 18.7 Å². The zero-order valence-electron chi connectivity index (χ0n) is 24.5. The highest BCUT2D eigenvalue weighted by Crippen LogP contribution is 2.23. The standard InChI is InChI=1S/C34H40N4O4/c1-36(32(39)28-14-10-26(11-15-28)27-12-16-29(17-13-27)33(40)42-2)31-19-22-38(24-31)34(41)37-21-18-30(23-37)35-20-6-9-25-7-4-3-5-8-25/h3-5,7-8,10-17,30-31,35H,6,9,18-24H2,1-2H3/t30-,31-/m0/s1. The topological polar surface area (TPSA) is 82.2 Å². The van der Waals surface area contributed by atoms with Crippen LogP contribution in [0.25, 0.3) is 11.1 Å². The Morgan fingerprint density at radius 2 is 1.45 bits per heavy atom. The Morgan fingerprint density at radius 3 is 2.12 bits per heavy atom. The number of esters is 1. The molecule has 3 amide bonds. The molecule has 2 aliphatic heterocycles. The first-order chi connectivity index (χ1) is 20.4. The number of likely N-dealkylation sites (N-methyl/N-ethyl adjacent to an activating group) is 1. The average Bonchev–Trinajstić information content (AvgIpc) is 3.73. The van der Waals surface area contributed by atoms with Crippen molar-refractivity contribution in [3.8, 4) is 11.1 Å². The van der Waals surface area contributed by atoms with Crippen LogP contribution in [-0.4, -0.2) is 91.6 Å². The molecule has 3 aromatic rings. The second kappa shape index (κ2) is 13.7. The summed E-state index contributed by atoms with van der Waals surface area (Å²) < 4.78 is 4.76. The smallest absolute Gasteiger partial charge is 0.337 e. The average molecular weight is 569 g/mol. The molecule has 42 heavy (non-hydrogen) atoms. The largest absolute Gasteiger partial charge is 0.465 e. The van der Waals surface area contributed by atoms with E-state index in [1.165, 1.54) is 12.7 Å². The molecule has 0 aliphatic carbocycles. The van der Waals surface area contributed by atoms with Gasteiger partial charge in [0.1, 0.15) is 0 Å². The Hall–Kier alpha value is -4.17. The molecule has 2 aliphatic rings. The van der Waals surface area contributed by atoms with Gasteiger partial charge in [-0.1, -0.05) is 54.6 Å². The van der Waals surface area contributed by atoms with Gasteiger partial charge in [0.25, 0.3) is 5.91 Å². The number of aryl methyl sites for hydroxylation is 1. The van der Waals surface area contributed by atoms with Gasteiger partial charge in [-0.15, -0.1) is 0 Å². The molecule has 8 nitrogen and oxygen atoms in total. The molecular formula is C34H40N4O4. The zero-order chi connectivity index (χ0) is 29.5. The van der Waals surface area contributed by atoms with Crippen molar-refractivity contribution >= 4 is 17.9 Å². The zero-order valence-corrected chi connectivity index (χ0v) is 24.5. The van der Waals surface area contributed by atoms with E-state index >= 15 is 0 Å². The highest BCUT2D eigenvalue weighted by Gasteiger charge is 2.35. The number of hydrogen-bond donors (Lipinski definition) is 1. The third-order valence-corrected chi connectivity index (χ3v) is 8.45. The minimum Gasteiger partial charge on any atom is -0.465 e. The van der Waals surface area contributed by atoms with Crippen LogP contribution < -0.4 is 5.32 Å². The SMILES string of the molecule is COC(=O)c1ccc(-c2ccc(C(=O)N(C)[C@H]3CCN(C(=O)N4CC[C@H](NCCCc5ccccc5)C4)C3)cc2)cc1. The molecule has 0 spiro atoms. The first kappa shape index (κ1) is 29.3. The van der Waals surface area contributed by atoms with Crippen LogP contribution in [0.2, 0.25) is 0 Å². The molecule has 220 valence electrons. The molecule has 0 aromatic heterocycles. The van der Waals surface area contributed by atoms with Gasteiger partial charge >= 0.3 is 12.0 Å². The summed E-state index contributed by atoms with van der Waals surface area (Å²) in [5, 5.41) is 3.63. The third kappa shape index (κ3) is 6.99. The lowest BCUT2D eigenvalue weighted by molar-refractivity contribution is 0.0600. The molecule has 2 heterocycles. The fraction of sp³-hybridized carbons (Fsp3) is 0.382. The van der Waals surface area contributed by atoms with E-state index in [9.17, 15) is 14.4 Å². The number of ether oxygens (including phenoxy) is 1. The van der Waals surface area contributed by atoms with E-state index in [0.717, 1.165) is 56.4 Å². The third-order valence-electron chi connectivity index (χ3n) is 8.45. The van der Waals surface area contributed by atoms with E-state index in [-0.39, 0.29) is 23.9 Å².